The number of carboxylic acid groups (broad SMARTS) is 1. The first kappa shape index (κ1) is 23.7. The molecule has 146 valence electrons. The molecule has 4 heteroatoms. The lowest BCUT2D eigenvalue weighted by atomic mass is 10.1. The number of carbonyl (C=O) groups is 2. The van der Waals surface area contributed by atoms with E-state index in [0.29, 0.717) is 6.42 Å². The number of aliphatic carboxylic acids is 1. The molecule has 0 spiro atoms. The average Bonchev–Trinajstić information content (AvgIpc) is 2.58. The second kappa shape index (κ2) is 19.0. The molecule has 0 unspecified atom stereocenters. The van der Waals surface area contributed by atoms with Crippen molar-refractivity contribution in [1.82, 2.24) is 5.32 Å². The van der Waals surface area contributed by atoms with Crippen LogP contribution in [0.2, 0.25) is 0 Å². The van der Waals surface area contributed by atoms with Crippen LogP contribution in [0, 0.1) is 0 Å². The predicted octanol–water partition coefficient (Wildman–Crippen LogP) is 5.61. The minimum absolute atomic E-state index is 0.00187. The van der Waals surface area contributed by atoms with Gasteiger partial charge in [0.2, 0.25) is 5.91 Å². The van der Waals surface area contributed by atoms with Gasteiger partial charge in [-0.2, -0.15) is 0 Å². The van der Waals surface area contributed by atoms with Gasteiger partial charge in [-0.15, -0.1) is 0 Å². The zero-order chi connectivity index (χ0) is 18.6. The van der Waals surface area contributed by atoms with E-state index >= 15 is 0 Å². The highest BCUT2D eigenvalue weighted by Gasteiger charge is 2.02. The summed E-state index contributed by atoms with van der Waals surface area (Å²) < 4.78 is 0. The molecule has 0 rings (SSSR count). The quantitative estimate of drug-likeness (QED) is 0.248. The Kier molecular flexibility index (Phi) is 18.0. The van der Waals surface area contributed by atoms with Gasteiger partial charge in [-0.05, 0) is 32.1 Å². The van der Waals surface area contributed by atoms with Crippen molar-refractivity contribution in [1.29, 1.82) is 0 Å². The van der Waals surface area contributed by atoms with Crippen molar-refractivity contribution in [2.45, 2.75) is 103 Å². The summed E-state index contributed by atoms with van der Waals surface area (Å²) >= 11 is 0. The maximum absolute atomic E-state index is 11.4. The number of unbranched alkanes of at least 4 members (excludes halogenated alkanes) is 11. The molecule has 2 N–H and O–H groups in total. The van der Waals surface area contributed by atoms with Gasteiger partial charge in [-0.3, -0.25) is 9.59 Å². The Morgan fingerprint density at radius 1 is 0.760 bits per heavy atom. The number of carboxylic acids is 1. The summed E-state index contributed by atoms with van der Waals surface area (Å²) in [4.78, 5) is 21.8. The van der Waals surface area contributed by atoms with Crippen LogP contribution in [0.3, 0.4) is 0 Å². The van der Waals surface area contributed by atoms with Crippen molar-refractivity contribution in [3.05, 3.63) is 12.2 Å². The monoisotopic (exact) mass is 353 g/mol. The first-order chi connectivity index (χ1) is 12.2. The van der Waals surface area contributed by atoms with Gasteiger partial charge in [0.15, 0.2) is 0 Å². The molecular weight excluding hydrogens is 314 g/mol. The van der Waals surface area contributed by atoms with Gasteiger partial charge in [0.05, 0.1) is 6.42 Å². The second-order valence-electron chi connectivity index (χ2n) is 6.83. The van der Waals surface area contributed by atoms with E-state index in [9.17, 15) is 9.59 Å². The normalized spacial score (nSPS) is 11.1. The fourth-order valence-corrected chi connectivity index (χ4v) is 2.75. The topological polar surface area (TPSA) is 66.4 Å². The molecular formula is C21H39NO3. The number of carbonyl (C=O) groups excluding carboxylic acids is 1. The first-order valence-corrected chi connectivity index (χ1v) is 10.3. The molecule has 0 saturated heterocycles. The van der Waals surface area contributed by atoms with Crippen LogP contribution >= 0.6 is 0 Å². The number of hydrogen-bond acceptors (Lipinski definition) is 2. The summed E-state index contributed by atoms with van der Waals surface area (Å²) in [7, 11) is 0. The molecule has 0 aliphatic heterocycles. The van der Waals surface area contributed by atoms with Crippen LogP contribution in [0.15, 0.2) is 12.2 Å². The summed E-state index contributed by atoms with van der Waals surface area (Å²) in [6.45, 7) is 2.49. The second-order valence-corrected chi connectivity index (χ2v) is 6.83. The highest BCUT2D eigenvalue weighted by molar-refractivity contribution is 5.76. The minimum atomic E-state index is -0.874. The fraction of sp³-hybridized carbons (Fsp3) is 0.810. The van der Waals surface area contributed by atoms with Gasteiger partial charge in [0.1, 0.15) is 0 Å². The molecule has 0 bridgehead atoms. The number of hydrogen-bond donors (Lipinski definition) is 2. The van der Waals surface area contributed by atoms with Gasteiger partial charge < -0.3 is 10.4 Å². The van der Waals surface area contributed by atoms with E-state index in [4.69, 9.17) is 5.11 Å². The molecule has 0 fully saturated rings. The Morgan fingerprint density at radius 3 is 1.84 bits per heavy atom. The van der Waals surface area contributed by atoms with E-state index in [0.717, 1.165) is 12.8 Å². The molecule has 0 aliphatic carbocycles. The molecule has 0 aromatic carbocycles. The highest BCUT2D eigenvalue weighted by Crippen LogP contribution is 2.09. The number of allylic oxidation sites excluding steroid dienone is 2. The highest BCUT2D eigenvalue weighted by atomic mass is 16.4. The average molecular weight is 354 g/mol. The Bertz CT molecular complexity index is 353. The van der Waals surface area contributed by atoms with E-state index in [1.807, 2.05) is 0 Å². The molecule has 4 nitrogen and oxygen atoms in total. The van der Waals surface area contributed by atoms with Crippen LogP contribution in [0.4, 0.5) is 0 Å². The molecule has 1 amide bonds. The molecule has 0 radical (unpaired) electrons. The third-order valence-electron chi connectivity index (χ3n) is 4.33. The van der Waals surface area contributed by atoms with Crippen molar-refractivity contribution in [2.24, 2.45) is 0 Å². The lowest BCUT2D eigenvalue weighted by Crippen LogP contribution is -2.25. The molecule has 0 aliphatic rings. The summed E-state index contributed by atoms with van der Waals surface area (Å²) in [6.07, 6.45) is 21.3. The summed E-state index contributed by atoms with van der Waals surface area (Å²) in [5.74, 6) is -0.903. The lowest BCUT2D eigenvalue weighted by Gasteiger charge is -2.03. The predicted molar refractivity (Wildman–Crippen MR) is 105 cm³/mol. The van der Waals surface area contributed by atoms with Crippen molar-refractivity contribution < 1.29 is 14.7 Å². The molecule has 25 heavy (non-hydrogen) atoms. The van der Waals surface area contributed by atoms with Crippen molar-refractivity contribution >= 4 is 11.9 Å². The van der Waals surface area contributed by atoms with E-state index < -0.39 is 5.97 Å². The molecule has 0 aromatic rings. The SMILES string of the molecule is CCCCCCCCC=CCCCCCCCC(=O)NCCC(=O)O. The molecule has 0 atom stereocenters. The van der Waals surface area contributed by atoms with Gasteiger partial charge in [-0.1, -0.05) is 70.4 Å². The summed E-state index contributed by atoms with van der Waals surface area (Å²) in [5.41, 5.74) is 0. The van der Waals surface area contributed by atoms with Crippen LogP contribution < -0.4 is 5.32 Å². The Morgan fingerprint density at radius 2 is 1.28 bits per heavy atom. The number of nitrogens with one attached hydrogen (secondary N) is 1. The zero-order valence-corrected chi connectivity index (χ0v) is 16.2. The van der Waals surface area contributed by atoms with E-state index in [2.05, 4.69) is 24.4 Å². The molecule has 0 saturated carbocycles. The van der Waals surface area contributed by atoms with E-state index in [-0.39, 0.29) is 18.9 Å². The van der Waals surface area contributed by atoms with Gasteiger partial charge >= 0.3 is 5.97 Å². The third kappa shape index (κ3) is 20.6. The van der Waals surface area contributed by atoms with E-state index in [1.165, 1.54) is 70.6 Å². The Hall–Kier alpha value is -1.32. The van der Waals surface area contributed by atoms with Gasteiger partial charge in [0, 0.05) is 13.0 Å². The maximum atomic E-state index is 11.4. The minimum Gasteiger partial charge on any atom is -0.481 e. The summed E-state index contributed by atoms with van der Waals surface area (Å²) in [5, 5.41) is 11.1. The largest absolute Gasteiger partial charge is 0.481 e. The number of rotatable bonds is 18. The van der Waals surface area contributed by atoms with Crippen LogP contribution in [0.5, 0.6) is 0 Å². The van der Waals surface area contributed by atoms with Crippen molar-refractivity contribution in [3.63, 3.8) is 0 Å². The Balaban J connectivity index is 3.21. The smallest absolute Gasteiger partial charge is 0.305 e. The van der Waals surface area contributed by atoms with Gasteiger partial charge in [0.25, 0.3) is 0 Å². The van der Waals surface area contributed by atoms with Crippen LogP contribution in [0.1, 0.15) is 103 Å². The van der Waals surface area contributed by atoms with Crippen molar-refractivity contribution in [2.75, 3.05) is 6.54 Å². The zero-order valence-electron chi connectivity index (χ0n) is 16.2. The fourth-order valence-electron chi connectivity index (χ4n) is 2.75. The first-order valence-electron chi connectivity index (χ1n) is 10.3. The third-order valence-corrected chi connectivity index (χ3v) is 4.33. The van der Waals surface area contributed by atoms with Crippen LogP contribution in [-0.2, 0) is 9.59 Å². The molecule has 0 aromatic heterocycles. The summed E-state index contributed by atoms with van der Waals surface area (Å²) in [6, 6.07) is 0. The van der Waals surface area contributed by atoms with Crippen LogP contribution in [-0.4, -0.2) is 23.5 Å². The maximum Gasteiger partial charge on any atom is 0.305 e. The van der Waals surface area contributed by atoms with Crippen molar-refractivity contribution in [3.8, 4) is 0 Å². The lowest BCUT2D eigenvalue weighted by molar-refractivity contribution is -0.136. The van der Waals surface area contributed by atoms with Crippen LogP contribution in [0.25, 0.3) is 0 Å². The van der Waals surface area contributed by atoms with E-state index in [1.54, 1.807) is 0 Å². The number of amides is 1. The standard InChI is InChI=1S/C21H39NO3/c1-2-3-4-5-6-7-8-9-10-11-12-13-14-15-16-17-20(23)22-19-18-21(24)25/h9-10H,2-8,11-19H2,1H3,(H,22,23)(H,24,25). The van der Waals surface area contributed by atoms with Gasteiger partial charge in [-0.25, -0.2) is 0 Å². The molecule has 0 heterocycles. The Labute approximate surface area is 154 Å².